The monoisotopic (exact) mass is 362 g/mol. The van der Waals surface area contributed by atoms with Crippen molar-refractivity contribution in [1.29, 1.82) is 0 Å². The van der Waals surface area contributed by atoms with Crippen molar-refractivity contribution in [3.8, 4) is 5.75 Å². The Morgan fingerprint density at radius 1 is 1.08 bits per heavy atom. The fourth-order valence-corrected chi connectivity index (χ4v) is 2.15. The van der Waals surface area contributed by atoms with E-state index in [1.165, 1.54) is 12.0 Å². The Balaban J connectivity index is 1.95. The van der Waals surface area contributed by atoms with Gasteiger partial charge in [0.1, 0.15) is 5.75 Å². The van der Waals surface area contributed by atoms with Gasteiger partial charge in [-0.25, -0.2) is 4.79 Å². The average Bonchev–Trinajstić information content (AvgIpc) is 2.62. The van der Waals surface area contributed by atoms with Crippen LogP contribution in [0.15, 0.2) is 48.5 Å². The molecular formula is C18H19ClN2O4. The third kappa shape index (κ3) is 5.12. The molecule has 2 rings (SSSR count). The van der Waals surface area contributed by atoms with Crippen LogP contribution < -0.4 is 15.0 Å². The maximum Gasteiger partial charge on any atom is 0.413 e. The number of carbonyl (C=O) groups is 2. The molecule has 0 aliphatic heterocycles. The second-order valence-corrected chi connectivity index (χ2v) is 5.72. The molecule has 132 valence electrons. The normalized spacial score (nSPS) is 11.4. The van der Waals surface area contributed by atoms with E-state index in [2.05, 4.69) is 10.1 Å². The molecule has 0 aliphatic carbocycles. The predicted octanol–water partition coefficient (Wildman–Crippen LogP) is 3.95. The molecule has 0 fully saturated rings. The van der Waals surface area contributed by atoms with E-state index in [0.717, 1.165) is 0 Å². The zero-order valence-corrected chi connectivity index (χ0v) is 14.9. The molecule has 25 heavy (non-hydrogen) atoms. The Morgan fingerprint density at radius 3 is 2.24 bits per heavy atom. The summed E-state index contributed by atoms with van der Waals surface area (Å²) in [6.07, 6.45) is -1.15. The lowest BCUT2D eigenvalue weighted by Crippen LogP contribution is -2.30. The predicted molar refractivity (Wildman–Crippen MR) is 97.4 cm³/mol. The van der Waals surface area contributed by atoms with Crippen LogP contribution >= 0.6 is 11.6 Å². The van der Waals surface area contributed by atoms with Crippen molar-refractivity contribution < 1.29 is 19.1 Å². The number of nitrogens with one attached hydrogen (secondary N) is 1. The Labute approximate surface area is 151 Å². The van der Waals surface area contributed by atoms with Gasteiger partial charge in [-0.05, 0) is 55.5 Å². The van der Waals surface area contributed by atoms with Gasteiger partial charge in [-0.3, -0.25) is 9.69 Å². The Kier molecular flexibility index (Phi) is 6.25. The van der Waals surface area contributed by atoms with Crippen LogP contribution in [0.5, 0.6) is 5.75 Å². The van der Waals surface area contributed by atoms with Crippen LogP contribution in [-0.4, -0.2) is 32.3 Å². The second kappa shape index (κ2) is 8.39. The highest BCUT2D eigenvalue weighted by Gasteiger charge is 2.15. The molecule has 0 aliphatic rings. The Bertz CT molecular complexity index is 732. The molecule has 0 bridgehead atoms. The number of carbonyl (C=O) groups excluding carboxylic acids is 2. The minimum atomic E-state index is -0.682. The first-order chi connectivity index (χ1) is 11.9. The number of amides is 2. The molecule has 0 spiro atoms. The van der Waals surface area contributed by atoms with E-state index in [4.69, 9.17) is 16.3 Å². The van der Waals surface area contributed by atoms with Crippen LogP contribution in [0.4, 0.5) is 16.2 Å². The number of benzene rings is 2. The summed E-state index contributed by atoms with van der Waals surface area (Å²) in [5.74, 6) is 0.270. The summed E-state index contributed by atoms with van der Waals surface area (Å²) >= 11 is 5.81. The summed E-state index contributed by atoms with van der Waals surface area (Å²) in [5.41, 5.74) is 1.24. The standard InChI is InChI=1S/C18H19ClN2O4/c1-12(25-16-10-4-13(19)5-11-16)17(22)20-14-6-8-15(9-7-14)21(2)18(23)24-3/h4-12H,1-3H3,(H,20,22). The van der Waals surface area contributed by atoms with Crippen LogP contribution in [0.25, 0.3) is 0 Å². The van der Waals surface area contributed by atoms with E-state index in [0.29, 0.717) is 22.1 Å². The lowest BCUT2D eigenvalue weighted by molar-refractivity contribution is -0.122. The lowest BCUT2D eigenvalue weighted by Gasteiger charge is -2.17. The average molecular weight is 363 g/mol. The van der Waals surface area contributed by atoms with E-state index in [1.54, 1.807) is 62.5 Å². The quantitative estimate of drug-likeness (QED) is 0.874. The molecule has 0 radical (unpaired) electrons. The Morgan fingerprint density at radius 2 is 1.68 bits per heavy atom. The van der Waals surface area contributed by atoms with Crippen LogP contribution in [0, 0.1) is 0 Å². The van der Waals surface area contributed by atoms with Gasteiger partial charge >= 0.3 is 6.09 Å². The molecule has 0 aromatic heterocycles. The second-order valence-electron chi connectivity index (χ2n) is 5.28. The molecule has 0 heterocycles. The number of methoxy groups -OCH3 is 1. The number of hydrogen-bond donors (Lipinski definition) is 1. The summed E-state index contributed by atoms with van der Waals surface area (Å²) in [7, 11) is 2.91. The lowest BCUT2D eigenvalue weighted by atomic mass is 10.2. The minimum absolute atomic E-state index is 0.288. The topological polar surface area (TPSA) is 67.9 Å². The van der Waals surface area contributed by atoms with E-state index >= 15 is 0 Å². The van der Waals surface area contributed by atoms with Gasteiger partial charge in [0.25, 0.3) is 5.91 Å². The van der Waals surface area contributed by atoms with Crippen molar-refractivity contribution in [3.05, 3.63) is 53.6 Å². The number of rotatable bonds is 5. The van der Waals surface area contributed by atoms with Crippen LogP contribution in [0.3, 0.4) is 0 Å². The Hall–Kier alpha value is -2.73. The van der Waals surface area contributed by atoms with Crippen molar-refractivity contribution in [1.82, 2.24) is 0 Å². The minimum Gasteiger partial charge on any atom is -0.481 e. The maximum absolute atomic E-state index is 12.2. The zero-order valence-electron chi connectivity index (χ0n) is 14.2. The van der Waals surface area contributed by atoms with Gasteiger partial charge < -0.3 is 14.8 Å². The highest BCUT2D eigenvalue weighted by molar-refractivity contribution is 6.30. The molecule has 2 aromatic carbocycles. The number of hydrogen-bond acceptors (Lipinski definition) is 4. The van der Waals surface area contributed by atoms with Crippen molar-refractivity contribution in [3.63, 3.8) is 0 Å². The van der Waals surface area contributed by atoms with Gasteiger partial charge in [0.05, 0.1) is 7.11 Å². The first kappa shape index (κ1) is 18.6. The SMILES string of the molecule is COC(=O)N(C)c1ccc(NC(=O)C(C)Oc2ccc(Cl)cc2)cc1. The summed E-state index contributed by atoms with van der Waals surface area (Å²) < 4.78 is 10.2. The van der Waals surface area contributed by atoms with Gasteiger partial charge in [-0.15, -0.1) is 0 Å². The van der Waals surface area contributed by atoms with E-state index < -0.39 is 12.2 Å². The van der Waals surface area contributed by atoms with Gasteiger partial charge in [0, 0.05) is 23.4 Å². The zero-order chi connectivity index (χ0) is 18.4. The smallest absolute Gasteiger partial charge is 0.413 e. The van der Waals surface area contributed by atoms with Crippen molar-refractivity contribution in [2.75, 3.05) is 24.4 Å². The molecule has 1 unspecified atom stereocenters. The van der Waals surface area contributed by atoms with E-state index in [1.807, 2.05) is 0 Å². The van der Waals surface area contributed by atoms with E-state index in [-0.39, 0.29) is 5.91 Å². The van der Waals surface area contributed by atoms with E-state index in [9.17, 15) is 9.59 Å². The number of nitrogens with zero attached hydrogens (tertiary/aromatic N) is 1. The molecule has 2 amide bonds. The highest BCUT2D eigenvalue weighted by atomic mass is 35.5. The molecule has 7 heteroatoms. The first-order valence-corrected chi connectivity index (χ1v) is 7.93. The summed E-state index contributed by atoms with van der Waals surface area (Å²) in [4.78, 5) is 25.0. The van der Waals surface area contributed by atoms with Crippen LogP contribution in [0.1, 0.15) is 6.92 Å². The summed E-state index contributed by atoms with van der Waals surface area (Å²) in [6, 6.07) is 13.6. The van der Waals surface area contributed by atoms with Gasteiger partial charge in [-0.1, -0.05) is 11.6 Å². The molecule has 1 N–H and O–H groups in total. The number of ether oxygens (including phenoxy) is 2. The number of anilines is 2. The van der Waals surface area contributed by atoms with Crippen LogP contribution in [-0.2, 0) is 9.53 Å². The largest absolute Gasteiger partial charge is 0.481 e. The summed E-state index contributed by atoms with van der Waals surface area (Å²) in [5, 5.41) is 3.36. The maximum atomic E-state index is 12.2. The molecule has 0 saturated heterocycles. The third-order valence-corrected chi connectivity index (χ3v) is 3.72. The molecule has 2 aromatic rings. The van der Waals surface area contributed by atoms with Gasteiger partial charge in [-0.2, -0.15) is 0 Å². The molecular weight excluding hydrogens is 344 g/mol. The molecule has 6 nitrogen and oxygen atoms in total. The first-order valence-electron chi connectivity index (χ1n) is 7.55. The fraction of sp³-hybridized carbons (Fsp3) is 0.222. The van der Waals surface area contributed by atoms with Crippen LogP contribution in [0.2, 0.25) is 5.02 Å². The fourth-order valence-electron chi connectivity index (χ4n) is 2.03. The molecule has 0 saturated carbocycles. The van der Waals surface area contributed by atoms with Gasteiger partial charge in [0.2, 0.25) is 0 Å². The van der Waals surface area contributed by atoms with Crippen molar-refractivity contribution in [2.24, 2.45) is 0 Å². The molecule has 1 atom stereocenters. The van der Waals surface area contributed by atoms with Gasteiger partial charge in [0.15, 0.2) is 6.10 Å². The highest BCUT2D eigenvalue weighted by Crippen LogP contribution is 2.19. The number of halogens is 1. The van der Waals surface area contributed by atoms with Crippen molar-refractivity contribution >= 4 is 35.0 Å². The van der Waals surface area contributed by atoms with Crippen molar-refractivity contribution in [2.45, 2.75) is 13.0 Å². The summed E-state index contributed by atoms with van der Waals surface area (Å²) in [6.45, 7) is 1.66. The third-order valence-electron chi connectivity index (χ3n) is 3.47.